The van der Waals surface area contributed by atoms with Gasteiger partial charge in [-0.2, -0.15) is 0 Å². The van der Waals surface area contributed by atoms with Gasteiger partial charge in [-0.25, -0.2) is 10.3 Å². The maximum absolute atomic E-state index is 12.4. The molecule has 3 aromatic rings. The molecule has 1 fully saturated rings. The van der Waals surface area contributed by atoms with E-state index in [2.05, 4.69) is 28.2 Å². The van der Waals surface area contributed by atoms with Crippen molar-refractivity contribution in [1.29, 1.82) is 0 Å². The number of morpholine rings is 1. The molecule has 1 saturated heterocycles. The zero-order valence-electron chi connectivity index (χ0n) is 20.2. The SMILES string of the molecule is O=C(C=Cc1ccc(CN(CCOC(=O)N2CCOCC2)CCc2c[nH]c3ccccc23)cc1)NO. The third-order valence-corrected chi connectivity index (χ3v) is 6.20. The average molecular weight is 493 g/mol. The normalized spacial score (nSPS) is 14.0. The van der Waals surface area contributed by atoms with Crippen molar-refractivity contribution in [3.63, 3.8) is 0 Å². The minimum atomic E-state index is -0.575. The Morgan fingerprint density at radius 2 is 1.89 bits per heavy atom. The van der Waals surface area contributed by atoms with Crippen LogP contribution >= 0.6 is 0 Å². The summed E-state index contributed by atoms with van der Waals surface area (Å²) in [5, 5.41) is 9.84. The number of hydrogen-bond donors (Lipinski definition) is 3. The molecule has 0 unspecified atom stereocenters. The Balaban J connectivity index is 1.37. The van der Waals surface area contributed by atoms with Gasteiger partial charge >= 0.3 is 6.09 Å². The summed E-state index contributed by atoms with van der Waals surface area (Å²) < 4.78 is 10.9. The molecule has 2 amide bonds. The number of nitrogens with one attached hydrogen (secondary N) is 2. The number of ether oxygens (including phenoxy) is 2. The second-order valence-corrected chi connectivity index (χ2v) is 8.65. The predicted molar refractivity (Wildman–Crippen MR) is 136 cm³/mol. The molecule has 0 saturated carbocycles. The summed E-state index contributed by atoms with van der Waals surface area (Å²) in [6.07, 6.45) is 5.53. The van der Waals surface area contributed by atoms with Crippen molar-refractivity contribution < 1.29 is 24.3 Å². The van der Waals surface area contributed by atoms with Crippen LogP contribution in [0.1, 0.15) is 16.7 Å². The van der Waals surface area contributed by atoms with Crippen molar-refractivity contribution in [1.82, 2.24) is 20.3 Å². The van der Waals surface area contributed by atoms with E-state index in [1.807, 2.05) is 36.4 Å². The molecule has 0 aliphatic carbocycles. The molecule has 36 heavy (non-hydrogen) atoms. The van der Waals surface area contributed by atoms with Gasteiger partial charge in [0.05, 0.1) is 13.2 Å². The van der Waals surface area contributed by atoms with Gasteiger partial charge < -0.3 is 19.4 Å². The van der Waals surface area contributed by atoms with E-state index >= 15 is 0 Å². The highest BCUT2D eigenvalue weighted by atomic mass is 16.6. The number of carbonyl (C=O) groups is 2. The summed E-state index contributed by atoms with van der Waals surface area (Å²) in [7, 11) is 0. The molecule has 4 rings (SSSR count). The van der Waals surface area contributed by atoms with Crippen molar-refractivity contribution in [2.75, 3.05) is 46.0 Å². The van der Waals surface area contributed by atoms with Gasteiger partial charge in [0.1, 0.15) is 6.61 Å². The Kier molecular flexibility index (Phi) is 9.09. The number of hydroxylamine groups is 1. The number of H-pyrrole nitrogens is 1. The smallest absolute Gasteiger partial charge is 0.409 e. The lowest BCUT2D eigenvalue weighted by Gasteiger charge is -2.27. The van der Waals surface area contributed by atoms with Crippen LogP contribution in [-0.2, 0) is 27.2 Å². The Morgan fingerprint density at radius 3 is 2.67 bits per heavy atom. The van der Waals surface area contributed by atoms with Crippen molar-refractivity contribution in [3.8, 4) is 0 Å². The molecule has 2 heterocycles. The summed E-state index contributed by atoms with van der Waals surface area (Å²) in [6.45, 7) is 4.61. The second kappa shape index (κ2) is 12.9. The molecule has 1 aliphatic rings. The van der Waals surface area contributed by atoms with Crippen LogP contribution in [0.15, 0.2) is 60.8 Å². The van der Waals surface area contributed by atoms with Crippen LogP contribution in [0.4, 0.5) is 4.79 Å². The summed E-state index contributed by atoms with van der Waals surface area (Å²) in [5.41, 5.74) is 5.92. The largest absolute Gasteiger partial charge is 0.448 e. The number of rotatable bonds is 10. The number of aromatic nitrogens is 1. The van der Waals surface area contributed by atoms with Gasteiger partial charge in [0.2, 0.25) is 0 Å². The van der Waals surface area contributed by atoms with Crippen LogP contribution < -0.4 is 5.48 Å². The fraction of sp³-hybridized carbons (Fsp3) is 0.333. The Hall–Kier alpha value is -3.66. The van der Waals surface area contributed by atoms with Crippen molar-refractivity contribution in [2.24, 2.45) is 0 Å². The number of nitrogens with zero attached hydrogens (tertiary/aromatic N) is 2. The van der Waals surface area contributed by atoms with Crippen LogP contribution in [0, 0.1) is 0 Å². The Labute approximate surface area is 210 Å². The van der Waals surface area contributed by atoms with E-state index in [1.54, 1.807) is 16.5 Å². The predicted octanol–water partition coefficient (Wildman–Crippen LogP) is 3.20. The summed E-state index contributed by atoms with van der Waals surface area (Å²) in [6, 6.07) is 16.1. The zero-order valence-corrected chi connectivity index (χ0v) is 20.2. The summed E-state index contributed by atoms with van der Waals surface area (Å²) >= 11 is 0. The highest BCUT2D eigenvalue weighted by Gasteiger charge is 2.18. The van der Waals surface area contributed by atoms with Gasteiger partial charge in [0, 0.05) is 55.9 Å². The van der Waals surface area contributed by atoms with E-state index in [1.165, 1.54) is 17.0 Å². The van der Waals surface area contributed by atoms with Crippen LogP contribution in [0.2, 0.25) is 0 Å². The Bertz CT molecular complexity index is 1170. The maximum Gasteiger partial charge on any atom is 0.409 e. The lowest BCUT2D eigenvalue weighted by Crippen LogP contribution is -2.41. The Morgan fingerprint density at radius 1 is 1.11 bits per heavy atom. The van der Waals surface area contributed by atoms with Crippen LogP contribution in [0.25, 0.3) is 17.0 Å². The number of aromatic amines is 1. The van der Waals surface area contributed by atoms with Gasteiger partial charge in [0.15, 0.2) is 0 Å². The van der Waals surface area contributed by atoms with E-state index in [-0.39, 0.29) is 6.09 Å². The third kappa shape index (κ3) is 7.17. The highest BCUT2D eigenvalue weighted by Crippen LogP contribution is 2.19. The van der Waals surface area contributed by atoms with Gasteiger partial charge in [-0.1, -0.05) is 42.5 Å². The molecule has 190 valence electrons. The zero-order chi connectivity index (χ0) is 25.2. The summed E-state index contributed by atoms with van der Waals surface area (Å²) in [4.78, 5) is 30.9. The first kappa shape index (κ1) is 25.4. The van der Waals surface area contributed by atoms with Crippen molar-refractivity contribution >= 4 is 29.0 Å². The minimum Gasteiger partial charge on any atom is -0.448 e. The average Bonchev–Trinajstić information content (AvgIpc) is 3.34. The van der Waals surface area contributed by atoms with Gasteiger partial charge in [-0.05, 0) is 35.3 Å². The molecular formula is C27H32N4O5. The molecular weight excluding hydrogens is 460 g/mol. The monoisotopic (exact) mass is 492 g/mol. The summed E-state index contributed by atoms with van der Waals surface area (Å²) in [5.74, 6) is -0.575. The number of benzene rings is 2. The third-order valence-electron chi connectivity index (χ3n) is 6.20. The van der Waals surface area contributed by atoms with E-state index in [4.69, 9.17) is 14.7 Å². The fourth-order valence-electron chi connectivity index (χ4n) is 4.19. The number of hydrogen-bond acceptors (Lipinski definition) is 6. The molecule has 9 heteroatoms. The lowest BCUT2D eigenvalue weighted by atomic mass is 10.1. The minimum absolute atomic E-state index is 0.294. The molecule has 0 atom stereocenters. The fourth-order valence-corrected chi connectivity index (χ4v) is 4.19. The molecule has 3 N–H and O–H groups in total. The highest BCUT2D eigenvalue weighted by molar-refractivity contribution is 5.90. The van der Waals surface area contributed by atoms with Crippen LogP contribution in [-0.4, -0.2) is 78.0 Å². The topological polar surface area (TPSA) is 107 Å². The van der Waals surface area contributed by atoms with Crippen LogP contribution in [0.3, 0.4) is 0 Å². The standard InChI is InChI=1S/C27H32N4O5/c32-26(29-34)10-9-21-5-7-22(8-6-21)20-30(13-18-36-27(33)31-14-16-35-17-15-31)12-11-23-19-28-25-4-2-1-3-24(23)25/h1-10,19,28,34H,11-18,20H2,(H,29,32). The van der Waals surface area contributed by atoms with Crippen molar-refractivity contribution in [3.05, 3.63) is 77.5 Å². The molecule has 0 spiro atoms. The maximum atomic E-state index is 12.4. The number of fused-ring (bicyclic) bond motifs is 1. The van der Waals surface area contributed by atoms with E-state index in [0.717, 1.165) is 29.6 Å². The first-order valence-electron chi connectivity index (χ1n) is 12.1. The molecule has 0 bridgehead atoms. The van der Waals surface area contributed by atoms with E-state index < -0.39 is 5.91 Å². The first-order valence-corrected chi connectivity index (χ1v) is 12.1. The van der Waals surface area contributed by atoms with Gasteiger partial charge in [-0.15, -0.1) is 0 Å². The second-order valence-electron chi connectivity index (χ2n) is 8.65. The first-order chi connectivity index (χ1) is 17.6. The van der Waals surface area contributed by atoms with Gasteiger partial charge in [0.25, 0.3) is 5.91 Å². The van der Waals surface area contributed by atoms with E-state index in [9.17, 15) is 9.59 Å². The lowest BCUT2D eigenvalue weighted by molar-refractivity contribution is -0.124. The quantitative estimate of drug-likeness (QED) is 0.228. The molecule has 0 radical (unpaired) electrons. The van der Waals surface area contributed by atoms with Crippen LogP contribution in [0.5, 0.6) is 0 Å². The number of carbonyl (C=O) groups excluding carboxylic acids is 2. The van der Waals surface area contributed by atoms with Gasteiger partial charge in [-0.3, -0.25) is 14.9 Å². The number of para-hydroxylation sites is 1. The molecule has 2 aromatic carbocycles. The molecule has 1 aromatic heterocycles. The number of amides is 2. The molecule has 9 nitrogen and oxygen atoms in total. The van der Waals surface area contributed by atoms with Crippen molar-refractivity contribution in [2.45, 2.75) is 13.0 Å². The molecule has 1 aliphatic heterocycles. The van der Waals surface area contributed by atoms with E-state index in [0.29, 0.717) is 46.0 Å².